The number of rotatable bonds is 5. The van der Waals surface area contributed by atoms with Gasteiger partial charge in [-0.2, -0.15) is 18.2 Å². The van der Waals surface area contributed by atoms with E-state index in [1.165, 1.54) is 19.2 Å². The predicted molar refractivity (Wildman–Crippen MR) is 99.3 cm³/mol. The lowest BCUT2D eigenvalue weighted by atomic mass is 10.2. The molecule has 0 fully saturated rings. The zero-order valence-electron chi connectivity index (χ0n) is 15.4. The molecule has 0 amide bonds. The average molecular weight is 437 g/mol. The number of ether oxygens (including phenoxy) is 1. The zero-order valence-corrected chi connectivity index (χ0v) is 16.2. The first-order valence-corrected chi connectivity index (χ1v) is 10.2. The molecule has 1 atom stereocenters. The molecule has 0 saturated carbocycles. The first-order chi connectivity index (χ1) is 14.2. The van der Waals surface area contributed by atoms with E-state index in [2.05, 4.69) is 19.6 Å². The quantitative estimate of drug-likeness (QED) is 0.506. The standard InChI is InChI=1S/C18H14F3N5O3S/c1-28-13-2-4-14(5-3-13)30(22,27)10-12-9-26-7-6-11(8-15(26)23-12)16-24-17(29-25-16)18(19,20)21/h2-9,22H,10H2,1H3. The van der Waals surface area contributed by atoms with Crippen molar-refractivity contribution < 1.29 is 26.6 Å². The van der Waals surface area contributed by atoms with Gasteiger partial charge < -0.3 is 13.7 Å². The molecule has 12 heteroatoms. The number of pyridine rings is 1. The highest BCUT2D eigenvalue weighted by atomic mass is 32.2. The molecule has 1 aromatic carbocycles. The van der Waals surface area contributed by atoms with Crippen LogP contribution < -0.4 is 4.74 Å². The Balaban J connectivity index is 1.61. The number of benzene rings is 1. The van der Waals surface area contributed by atoms with Crippen molar-refractivity contribution in [3.63, 3.8) is 0 Å². The Hall–Kier alpha value is -3.41. The van der Waals surface area contributed by atoms with E-state index in [0.717, 1.165) is 0 Å². The number of fused-ring (bicyclic) bond motifs is 1. The van der Waals surface area contributed by atoms with Gasteiger partial charge in [-0.15, -0.1) is 0 Å². The molecule has 0 aliphatic heterocycles. The molecule has 156 valence electrons. The van der Waals surface area contributed by atoms with Gasteiger partial charge in [-0.25, -0.2) is 14.0 Å². The SMILES string of the molecule is COc1ccc(S(=N)(=O)Cc2cn3ccc(-c4noc(C(F)(F)F)n4)cc3n2)cc1. The van der Waals surface area contributed by atoms with Gasteiger partial charge in [-0.1, -0.05) is 5.16 Å². The molecule has 1 N–H and O–H groups in total. The fraction of sp³-hybridized carbons (Fsp3) is 0.167. The first kappa shape index (κ1) is 19.9. The number of nitrogens with one attached hydrogen (secondary N) is 1. The zero-order chi connectivity index (χ0) is 21.5. The lowest BCUT2D eigenvalue weighted by Gasteiger charge is -2.06. The van der Waals surface area contributed by atoms with Crippen molar-refractivity contribution in [1.82, 2.24) is 19.5 Å². The molecule has 0 radical (unpaired) electrons. The van der Waals surface area contributed by atoms with Crippen molar-refractivity contribution in [3.8, 4) is 17.1 Å². The van der Waals surface area contributed by atoms with Crippen LogP contribution >= 0.6 is 0 Å². The number of imidazole rings is 1. The molecule has 4 rings (SSSR count). The molecule has 1 unspecified atom stereocenters. The molecule has 8 nitrogen and oxygen atoms in total. The third-order valence-electron chi connectivity index (χ3n) is 4.23. The average Bonchev–Trinajstić information content (AvgIpc) is 3.33. The van der Waals surface area contributed by atoms with Gasteiger partial charge >= 0.3 is 12.1 Å². The number of halogens is 3. The Labute approximate surface area is 168 Å². The molecular weight excluding hydrogens is 423 g/mol. The van der Waals surface area contributed by atoms with Gasteiger partial charge in [0.1, 0.15) is 11.4 Å². The molecule has 0 bridgehead atoms. The molecule has 0 aliphatic carbocycles. The van der Waals surface area contributed by atoms with E-state index in [4.69, 9.17) is 9.52 Å². The highest BCUT2D eigenvalue weighted by Gasteiger charge is 2.38. The predicted octanol–water partition coefficient (Wildman–Crippen LogP) is 4.02. The topological polar surface area (TPSA) is 106 Å². The number of aromatic nitrogens is 4. The number of alkyl halides is 3. The molecule has 0 spiro atoms. The fourth-order valence-electron chi connectivity index (χ4n) is 2.79. The second-order valence-electron chi connectivity index (χ2n) is 6.33. The van der Waals surface area contributed by atoms with E-state index in [0.29, 0.717) is 22.0 Å². The maximum Gasteiger partial charge on any atom is 0.471 e. The van der Waals surface area contributed by atoms with Crippen molar-refractivity contribution in [3.05, 3.63) is 60.4 Å². The second kappa shape index (κ2) is 7.13. The summed E-state index contributed by atoms with van der Waals surface area (Å²) in [6.07, 6.45) is -1.57. The number of nitrogens with zero attached hydrogens (tertiary/aromatic N) is 4. The third-order valence-corrected chi connectivity index (χ3v) is 5.96. The molecule has 0 saturated heterocycles. The third kappa shape index (κ3) is 3.85. The largest absolute Gasteiger partial charge is 0.497 e. The summed E-state index contributed by atoms with van der Waals surface area (Å²) in [6, 6.07) is 9.37. The number of hydrogen-bond acceptors (Lipinski definition) is 7. The van der Waals surface area contributed by atoms with Crippen LogP contribution in [-0.2, 0) is 21.7 Å². The van der Waals surface area contributed by atoms with Crippen LogP contribution in [0.25, 0.3) is 17.0 Å². The van der Waals surface area contributed by atoms with Crippen LogP contribution in [0.1, 0.15) is 11.6 Å². The molecule has 3 aromatic heterocycles. The van der Waals surface area contributed by atoms with Crippen LogP contribution in [0.5, 0.6) is 5.75 Å². The Morgan fingerprint density at radius 3 is 2.57 bits per heavy atom. The summed E-state index contributed by atoms with van der Waals surface area (Å²) in [4.78, 5) is 8.02. The van der Waals surface area contributed by atoms with Crippen molar-refractivity contribution in [2.75, 3.05) is 7.11 Å². The van der Waals surface area contributed by atoms with Gasteiger partial charge in [0.05, 0.1) is 28.3 Å². The van der Waals surface area contributed by atoms with E-state index in [1.807, 2.05) is 0 Å². The van der Waals surface area contributed by atoms with Crippen molar-refractivity contribution in [2.24, 2.45) is 0 Å². The first-order valence-electron chi connectivity index (χ1n) is 8.45. The highest BCUT2D eigenvalue weighted by Crippen LogP contribution is 2.29. The van der Waals surface area contributed by atoms with E-state index >= 15 is 0 Å². The monoisotopic (exact) mass is 437 g/mol. The summed E-state index contributed by atoms with van der Waals surface area (Å²) in [7, 11) is -1.65. The minimum atomic E-state index is -4.73. The van der Waals surface area contributed by atoms with E-state index in [9.17, 15) is 17.4 Å². The van der Waals surface area contributed by atoms with E-state index < -0.39 is 21.8 Å². The van der Waals surface area contributed by atoms with E-state index in [-0.39, 0.29) is 17.1 Å². The van der Waals surface area contributed by atoms with Crippen molar-refractivity contribution in [2.45, 2.75) is 16.8 Å². The van der Waals surface area contributed by atoms with Crippen LogP contribution in [0.4, 0.5) is 13.2 Å². The van der Waals surface area contributed by atoms with Crippen LogP contribution in [0.3, 0.4) is 0 Å². The van der Waals surface area contributed by atoms with Gasteiger partial charge in [-0.3, -0.25) is 0 Å². The second-order valence-corrected chi connectivity index (χ2v) is 8.44. The van der Waals surface area contributed by atoms with Gasteiger partial charge in [-0.05, 0) is 36.4 Å². The summed E-state index contributed by atoms with van der Waals surface area (Å²) >= 11 is 0. The molecular formula is C18H14F3N5O3S. The fourth-order valence-corrected chi connectivity index (χ4v) is 4.08. The maximum atomic E-state index is 12.9. The lowest BCUT2D eigenvalue weighted by Crippen LogP contribution is -2.04. The summed E-state index contributed by atoms with van der Waals surface area (Å²) in [5.41, 5.74) is 1.05. The Morgan fingerprint density at radius 2 is 1.93 bits per heavy atom. The summed E-state index contributed by atoms with van der Waals surface area (Å²) < 4.78 is 70.0. The molecule has 4 aromatic rings. The summed E-state index contributed by atoms with van der Waals surface area (Å²) in [5, 5.41) is 3.35. The van der Waals surface area contributed by atoms with Gasteiger partial charge in [0.25, 0.3) is 0 Å². The minimum absolute atomic E-state index is 0.128. The number of hydrogen-bond donors (Lipinski definition) is 1. The Morgan fingerprint density at radius 1 is 1.20 bits per heavy atom. The summed E-state index contributed by atoms with van der Waals surface area (Å²) in [6.45, 7) is 0. The van der Waals surface area contributed by atoms with Crippen LogP contribution in [-0.4, -0.2) is 30.8 Å². The van der Waals surface area contributed by atoms with Crippen LogP contribution in [0.15, 0.2) is 58.2 Å². The lowest BCUT2D eigenvalue weighted by molar-refractivity contribution is -0.159. The summed E-state index contributed by atoms with van der Waals surface area (Å²) in [5.74, 6) is -1.20. The molecule has 30 heavy (non-hydrogen) atoms. The molecule has 3 heterocycles. The number of methoxy groups -OCH3 is 1. The van der Waals surface area contributed by atoms with E-state index in [1.54, 1.807) is 41.1 Å². The van der Waals surface area contributed by atoms with Crippen molar-refractivity contribution >= 4 is 15.4 Å². The van der Waals surface area contributed by atoms with Gasteiger partial charge in [0, 0.05) is 22.9 Å². The smallest absolute Gasteiger partial charge is 0.471 e. The van der Waals surface area contributed by atoms with Crippen molar-refractivity contribution in [1.29, 1.82) is 4.78 Å². The maximum absolute atomic E-state index is 12.9. The normalized spacial score (nSPS) is 14.0. The van der Waals surface area contributed by atoms with Gasteiger partial charge in [0.2, 0.25) is 5.82 Å². The van der Waals surface area contributed by atoms with Crippen LogP contribution in [0, 0.1) is 4.78 Å². The Bertz CT molecular complexity index is 1310. The minimum Gasteiger partial charge on any atom is -0.497 e. The van der Waals surface area contributed by atoms with Crippen LogP contribution in [0.2, 0.25) is 0 Å². The molecule has 0 aliphatic rings. The van der Waals surface area contributed by atoms with Gasteiger partial charge in [0.15, 0.2) is 0 Å². The highest BCUT2D eigenvalue weighted by molar-refractivity contribution is 7.91. The Kier molecular flexibility index (Phi) is 4.73.